The zero-order valence-corrected chi connectivity index (χ0v) is 21.3. The molecule has 0 fully saturated rings. The lowest BCUT2D eigenvalue weighted by molar-refractivity contribution is -0.140. The number of nitrogens with zero attached hydrogens (tertiary/aromatic N) is 1. The van der Waals surface area contributed by atoms with Crippen LogP contribution >= 0.6 is 11.8 Å². The second kappa shape index (κ2) is 11.9. The quantitative estimate of drug-likeness (QED) is 0.408. The summed E-state index contributed by atoms with van der Waals surface area (Å²) in [5.74, 6) is 0.0742. The van der Waals surface area contributed by atoms with Crippen LogP contribution in [0.2, 0.25) is 0 Å². The molecule has 2 amide bonds. The molecule has 1 atom stereocenters. The van der Waals surface area contributed by atoms with Crippen molar-refractivity contribution in [1.82, 2.24) is 10.2 Å². The SMILES string of the molecule is Cc1ccc(CN(C(=O)CSc2ccccc2)[C@H](Cc2ccccc2)C(=O)NC(C)(C)C)cc1. The van der Waals surface area contributed by atoms with E-state index in [0.29, 0.717) is 13.0 Å². The molecule has 34 heavy (non-hydrogen) atoms. The standard InChI is InChI=1S/C29H34N2O2S/c1-22-15-17-24(18-16-22)20-31(27(32)21-34-25-13-9-6-10-14-25)26(28(33)30-29(2,3)4)19-23-11-7-5-8-12-23/h5-18,26H,19-21H2,1-4H3,(H,30,33)/t26-/m1/s1. The van der Waals surface area contributed by atoms with Crippen molar-refractivity contribution in [3.63, 3.8) is 0 Å². The van der Waals surface area contributed by atoms with Crippen LogP contribution in [0, 0.1) is 6.92 Å². The van der Waals surface area contributed by atoms with E-state index in [1.165, 1.54) is 11.8 Å². The summed E-state index contributed by atoms with van der Waals surface area (Å²) in [5, 5.41) is 3.10. The Labute approximate surface area is 207 Å². The molecule has 178 valence electrons. The van der Waals surface area contributed by atoms with Crippen molar-refractivity contribution in [3.8, 4) is 0 Å². The Hall–Kier alpha value is -3.05. The Morgan fingerprint density at radius 2 is 1.44 bits per heavy atom. The highest BCUT2D eigenvalue weighted by atomic mass is 32.2. The van der Waals surface area contributed by atoms with Crippen molar-refractivity contribution >= 4 is 23.6 Å². The molecule has 3 rings (SSSR count). The Balaban J connectivity index is 1.91. The maximum atomic E-state index is 13.6. The Bertz CT molecular complexity index is 1060. The van der Waals surface area contributed by atoms with E-state index in [-0.39, 0.29) is 17.6 Å². The van der Waals surface area contributed by atoms with Gasteiger partial charge in [0, 0.05) is 23.4 Å². The summed E-state index contributed by atoms with van der Waals surface area (Å²) in [7, 11) is 0. The molecule has 0 saturated heterocycles. The molecule has 1 N–H and O–H groups in total. The van der Waals surface area contributed by atoms with Crippen LogP contribution < -0.4 is 5.32 Å². The van der Waals surface area contributed by atoms with E-state index in [0.717, 1.165) is 21.6 Å². The molecule has 0 aromatic heterocycles. The molecule has 0 aliphatic rings. The van der Waals surface area contributed by atoms with Crippen LogP contribution in [0.3, 0.4) is 0 Å². The van der Waals surface area contributed by atoms with Gasteiger partial charge in [0.15, 0.2) is 0 Å². The van der Waals surface area contributed by atoms with Crippen LogP contribution in [0.1, 0.15) is 37.5 Å². The third-order valence-corrected chi connectivity index (χ3v) is 6.35. The van der Waals surface area contributed by atoms with Gasteiger partial charge in [0.05, 0.1) is 5.75 Å². The molecule has 0 saturated carbocycles. The second-order valence-corrected chi connectivity index (χ2v) is 10.6. The lowest BCUT2D eigenvalue weighted by atomic mass is 10.0. The Morgan fingerprint density at radius 1 is 0.853 bits per heavy atom. The average molecular weight is 475 g/mol. The summed E-state index contributed by atoms with van der Waals surface area (Å²) in [5.41, 5.74) is 2.79. The monoisotopic (exact) mass is 474 g/mol. The van der Waals surface area contributed by atoms with Gasteiger partial charge in [-0.25, -0.2) is 0 Å². The maximum absolute atomic E-state index is 13.6. The first-order valence-corrected chi connectivity index (χ1v) is 12.6. The van der Waals surface area contributed by atoms with E-state index in [1.54, 1.807) is 4.90 Å². The minimum atomic E-state index is -0.619. The van der Waals surface area contributed by atoms with Crippen molar-refractivity contribution in [3.05, 3.63) is 102 Å². The molecule has 0 aliphatic carbocycles. The van der Waals surface area contributed by atoms with Gasteiger partial charge >= 0.3 is 0 Å². The number of amides is 2. The maximum Gasteiger partial charge on any atom is 0.243 e. The average Bonchev–Trinajstić information content (AvgIpc) is 2.81. The second-order valence-electron chi connectivity index (χ2n) is 9.55. The predicted octanol–water partition coefficient (Wildman–Crippen LogP) is 5.64. The minimum absolute atomic E-state index is 0.0561. The highest BCUT2D eigenvalue weighted by Gasteiger charge is 2.32. The fourth-order valence-corrected chi connectivity index (χ4v) is 4.45. The van der Waals surface area contributed by atoms with Crippen LogP contribution in [-0.2, 0) is 22.6 Å². The van der Waals surface area contributed by atoms with Gasteiger partial charge in [-0.1, -0.05) is 78.4 Å². The first kappa shape index (κ1) is 25.6. The molecule has 0 bridgehead atoms. The lowest BCUT2D eigenvalue weighted by Crippen LogP contribution is -2.54. The van der Waals surface area contributed by atoms with E-state index < -0.39 is 11.6 Å². The zero-order chi connectivity index (χ0) is 24.6. The summed E-state index contributed by atoms with van der Waals surface area (Å²) in [4.78, 5) is 29.9. The van der Waals surface area contributed by atoms with Gasteiger partial charge < -0.3 is 10.2 Å². The molecule has 5 heteroatoms. The summed E-state index contributed by atoms with van der Waals surface area (Å²) in [6.45, 7) is 8.30. The number of benzene rings is 3. The van der Waals surface area contributed by atoms with Gasteiger partial charge in [-0.15, -0.1) is 11.8 Å². The fraction of sp³-hybridized carbons (Fsp3) is 0.310. The highest BCUT2D eigenvalue weighted by molar-refractivity contribution is 8.00. The number of nitrogens with one attached hydrogen (secondary N) is 1. The Morgan fingerprint density at radius 3 is 2.03 bits per heavy atom. The van der Waals surface area contributed by atoms with Gasteiger partial charge in [0.1, 0.15) is 6.04 Å². The number of aryl methyl sites for hydroxylation is 1. The first-order chi connectivity index (χ1) is 16.2. The number of thioether (sulfide) groups is 1. The van der Waals surface area contributed by atoms with Crippen molar-refractivity contribution in [1.29, 1.82) is 0 Å². The van der Waals surface area contributed by atoms with E-state index in [9.17, 15) is 9.59 Å². The zero-order valence-electron chi connectivity index (χ0n) is 20.5. The van der Waals surface area contributed by atoms with Crippen LogP contribution in [0.4, 0.5) is 0 Å². The van der Waals surface area contributed by atoms with Crippen LogP contribution in [0.5, 0.6) is 0 Å². The third kappa shape index (κ3) is 8.07. The topological polar surface area (TPSA) is 49.4 Å². The van der Waals surface area contributed by atoms with E-state index in [2.05, 4.69) is 5.32 Å². The lowest BCUT2D eigenvalue weighted by Gasteiger charge is -2.34. The summed E-state index contributed by atoms with van der Waals surface area (Å²) in [6.07, 6.45) is 0.455. The van der Waals surface area contributed by atoms with E-state index >= 15 is 0 Å². The molecule has 0 heterocycles. The number of hydrogen-bond acceptors (Lipinski definition) is 3. The molecule has 3 aromatic rings. The minimum Gasteiger partial charge on any atom is -0.350 e. The molecule has 0 aliphatic heterocycles. The largest absolute Gasteiger partial charge is 0.350 e. The van der Waals surface area contributed by atoms with Gasteiger partial charge in [0.2, 0.25) is 11.8 Å². The van der Waals surface area contributed by atoms with Crippen molar-refractivity contribution in [2.24, 2.45) is 0 Å². The number of rotatable bonds is 9. The van der Waals surface area contributed by atoms with E-state index in [4.69, 9.17) is 0 Å². The predicted molar refractivity (Wildman–Crippen MR) is 141 cm³/mol. The normalized spacial score (nSPS) is 12.1. The smallest absolute Gasteiger partial charge is 0.243 e. The highest BCUT2D eigenvalue weighted by Crippen LogP contribution is 2.21. The molecule has 0 radical (unpaired) electrons. The molecule has 4 nitrogen and oxygen atoms in total. The van der Waals surface area contributed by atoms with Gasteiger partial charge in [-0.2, -0.15) is 0 Å². The van der Waals surface area contributed by atoms with Crippen molar-refractivity contribution in [2.45, 2.75) is 57.1 Å². The summed E-state index contributed by atoms with van der Waals surface area (Å²) >= 11 is 1.50. The number of carbonyl (C=O) groups is 2. The number of carbonyl (C=O) groups excluding carboxylic acids is 2. The molecule has 0 unspecified atom stereocenters. The van der Waals surface area contributed by atoms with Crippen LogP contribution in [0.25, 0.3) is 0 Å². The summed E-state index contributed by atoms with van der Waals surface area (Å²) in [6, 6.07) is 27.3. The van der Waals surface area contributed by atoms with Gasteiger partial charge in [-0.3, -0.25) is 9.59 Å². The van der Waals surface area contributed by atoms with Crippen LogP contribution in [0.15, 0.2) is 89.8 Å². The molecular weight excluding hydrogens is 440 g/mol. The fourth-order valence-electron chi connectivity index (χ4n) is 3.64. The third-order valence-electron chi connectivity index (χ3n) is 5.35. The van der Waals surface area contributed by atoms with Crippen LogP contribution in [-0.4, -0.2) is 34.0 Å². The number of hydrogen-bond donors (Lipinski definition) is 1. The van der Waals surface area contributed by atoms with Gasteiger partial charge in [0.25, 0.3) is 0 Å². The molecule has 0 spiro atoms. The molecule has 3 aromatic carbocycles. The summed E-state index contributed by atoms with van der Waals surface area (Å²) < 4.78 is 0. The Kier molecular flexibility index (Phi) is 8.94. The van der Waals surface area contributed by atoms with E-state index in [1.807, 2.05) is 113 Å². The first-order valence-electron chi connectivity index (χ1n) is 11.6. The molecular formula is C29H34N2O2S. The van der Waals surface area contributed by atoms with Crippen molar-refractivity contribution in [2.75, 3.05) is 5.75 Å². The van der Waals surface area contributed by atoms with Gasteiger partial charge in [-0.05, 0) is 51.0 Å². The van der Waals surface area contributed by atoms with Crippen molar-refractivity contribution < 1.29 is 9.59 Å².